The summed E-state index contributed by atoms with van der Waals surface area (Å²) in [5.41, 5.74) is 3.13. The van der Waals surface area contributed by atoms with Crippen LogP contribution in [0.2, 0.25) is 0 Å². The van der Waals surface area contributed by atoms with Crippen molar-refractivity contribution in [3.8, 4) is 11.3 Å². The maximum atomic E-state index is 4.52. The van der Waals surface area contributed by atoms with Crippen LogP contribution >= 0.6 is 15.9 Å². The summed E-state index contributed by atoms with van der Waals surface area (Å²) in [6.45, 7) is 0.690. The Bertz CT molecular complexity index is 790. The molecule has 0 aliphatic rings. The predicted octanol–water partition coefficient (Wildman–Crippen LogP) is 4.56. The van der Waals surface area contributed by atoms with Crippen LogP contribution in [0.4, 0.5) is 11.8 Å². The van der Waals surface area contributed by atoms with E-state index in [2.05, 4.69) is 42.6 Å². The maximum absolute atomic E-state index is 4.52. The van der Waals surface area contributed by atoms with Crippen LogP contribution in [0.3, 0.4) is 0 Å². The molecule has 3 rings (SSSR count). The second-order valence-corrected chi connectivity index (χ2v) is 5.88. The summed E-state index contributed by atoms with van der Waals surface area (Å²) in [5.74, 6) is 1.39. The number of rotatable bonds is 5. The van der Waals surface area contributed by atoms with E-state index in [0.29, 0.717) is 12.5 Å². The van der Waals surface area contributed by atoms with E-state index >= 15 is 0 Å². The highest BCUT2D eigenvalue weighted by Crippen LogP contribution is 2.22. The largest absolute Gasteiger partial charge is 0.366 e. The lowest BCUT2D eigenvalue weighted by atomic mass is 10.1. The zero-order chi connectivity index (χ0) is 16.1. The van der Waals surface area contributed by atoms with Crippen molar-refractivity contribution in [3.05, 3.63) is 70.7 Å². The molecule has 0 amide bonds. The summed E-state index contributed by atoms with van der Waals surface area (Å²) in [7, 11) is 1.82. The van der Waals surface area contributed by atoms with Crippen LogP contribution in [-0.2, 0) is 6.54 Å². The Morgan fingerprint density at radius 1 is 0.957 bits per heavy atom. The highest BCUT2D eigenvalue weighted by atomic mass is 79.9. The molecule has 0 aliphatic heterocycles. The van der Waals surface area contributed by atoms with Gasteiger partial charge in [0.25, 0.3) is 0 Å². The zero-order valence-corrected chi connectivity index (χ0v) is 14.3. The van der Waals surface area contributed by atoms with E-state index in [0.717, 1.165) is 21.5 Å². The lowest BCUT2D eigenvalue weighted by molar-refractivity contribution is 1.08. The standard InChI is InChI=1S/C18H17BrN4/c1-20-18-22-16(13-7-3-2-4-8-13)11-17(23-18)21-12-14-9-5-6-10-15(14)19/h2-11H,12H2,1H3,(H2,20,21,22,23). The normalized spacial score (nSPS) is 10.3. The molecule has 0 saturated heterocycles. The summed E-state index contributed by atoms with van der Waals surface area (Å²) >= 11 is 3.56. The number of halogens is 1. The minimum Gasteiger partial charge on any atom is -0.366 e. The van der Waals surface area contributed by atoms with Crippen molar-refractivity contribution in [1.82, 2.24) is 9.97 Å². The number of hydrogen-bond donors (Lipinski definition) is 2. The molecule has 1 aromatic heterocycles. The van der Waals surface area contributed by atoms with Crippen molar-refractivity contribution in [2.45, 2.75) is 6.54 Å². The van der Waals surface area contributed by atoms with E-state index in [1.807, 2.05) is 61.6 Å². The molecule has 0 unspecified atom stereocenters. The quantitative estimate of drug-likeness (QED) is 0.692. The fourth-order valence-electron chi connectivity index (χ4n) is 2.23. The first-order valence-corrected chi connectivity index (χ1v) is 8.15. The van der Waals surface area contributed by atoms with Gasteiger partial charge in [-0.05, 0) is 11.6 Å². The Labute approximate surface area is 144 Å². The van der Waals surface area contributed by atoms with Crippen molar-refractivity contribution < 1.29 is 0 Å². The Kier molecular flexibility index (Phi) is 4.88. The first-order valence-electron chi connectivity index (χ1n) is 7.36. The van der Waals surface area contributed by atoms with Gasteiger partial charge >= 0.3 is 0 Å². The molecule has 0 fully saturated rings. The molecule has 0 saturated carbocycles. The van der Waals surface area contributed by atoms with Crippen LogP contribution in [0, 0.1) is 0 Å². The first kappa shape index (κ1) is 15.5. The van der Waals surface area contributed by atoms with Gasteiger partial charge in [-0.15, -0.1) is 0 Å². The number of benzene rings is 2. The summed E-state index contributed by atoms with van der Waals surface area (Å²) in [6, 6.07) is 20.2. The molecule has 5 heteroatoms. The number of aromatic nitrogens is 2. The predicted molar refractivity (Wildman–Crippen MR) is 98.5 cm³/mol. The number of nitrogens with zero attached hydrogens (tertiary/aromatic N) is 2. The van der Waals surface area contributed by atoms with Gasteiger partial charge in [-0.3, -0.25) is 0 Å². The third-order valence-corrected chi connectivity index (χ3v) is 4.21. The Hall–Kier alpha value is -2.40. The first-order chi connectivity index (χ1) is 11.3. The minimum absolute atomic E-state index is 0.598. The van der Waals surface area contributed by atoms with E-state index < -0.39 is 0 Å². The van der Waals surface area contributed by atoms with Gasteiger partial charge in [-0.1, -0.05) is 64.5 Å². The lowest BCUT2D eigenvalue weighted by Crippen LogP contribution is -2.05. The van der Waals surface area contributed by atoms with Crippen LogP contribution in [0.1, 0.15) is 5.56 Å². The summed E-state index contributed by atoms with van der Waals surface area (Å²) in [6.07, 6.45) is 0. The summed E-state index contributed by atoms with van der Waals surface area (Å²) in [5, 5.41) is 6.38. The van der Waals surface area contributed by atoms with E-state index in [9.17, 15) is 0 Å². The smallest absolute Gasteiger partial charge is 0.224 e. The average Bonchev–Trinajstić information content (AvgIpc) is 2.61. The van der Waals surface area contributed by atoms with Gasteiger partial charge in [-0.25, -0.2) is 4.98 Å². The van der Waals surface area contributed by atoms with Gasteiger partial charge in [0.1, 0.15) is 5.82 Å². The van der Waals surface area contributed by atoms with Gasteiger partial charge in [0, 0.05) is 29.7 Å². The minimum atomic E-state index is 0.598. The monoisotopic (exact) mass is 368 g/mol. The van der Waals surface area contributed by atoms with Crippen LogP contribution in [0.5, 0.6) is 0 Å². The fraction of sp³-hybridized carbons (Fsp3) is 0.111. The van der Waals surface area contributed by atoms with Gasteiger partial charge < -0.3 is 10.6 Å². The van der Waals surface area contributed by atoms with Crippen molar-refractivity contribution in [3.63, 3.8) is 0 Å². The number of nitrogens with one attached hydrogen (secondary N) is 2. The van der Waals surface area contributed by atoms with Crippen LogP contribution in [0.25, 0.3) is 11.3 Å². The third kappa shape index (κ3) is 3.87. The van der Waals surface area contributed by atoms with Crippen LogP contribution < -0.4 is 10.6 Å². The Morgan fingerprint density at radius 2 is 1.70 bits per heavy atom. The second kappa shape index (κ2) is 7.24. The Morgan fingerprint density at radius 3 is 2.43 bits per heavy atom. The van der Waals surface area contributed by atoms with E-state index in [1.165, 1.54) is 5.56 Å². The van der Waals surface area contributed by atoms with Gasteiger partial charge in [0.05, 0.1) is 5.69 Å². The molecule has 0 bridgehead atoms. The highest BCUT2D eigenvalue weighted by Gasteiger charge is 2.06. The molecule has 23 heavy (non-hydrogen) atoms. The molecule has 0 spiro atoms. The summed E-state index contributed by atoms with van der Waals surface area (Å²) in [4.78, 5) is 9.00. The molecule has 0 aliphatic carbocycles. The molecule has 4 nitrogen and oxygen atoms in total. The van der Waals surface area contributed by atoms with Crippen molar-refractivity contribution in [2.75, 3.05) is 17.7 Å². The van der Waals surface area contributed by atoms with Gasteiger partial charge in [0.2, 0.25) is 5.95 Å². The molecular formula is C18H17BrN4. The highest BCUT2D eigenvalue weighted by molar-refractivity contribution is 9.10. The van der Waals surface area contributed by atoms with E-state index in [4.69, 9.17) is 0 Å². The number of hydrogen-bond acceptors (Lipinski definition) is 4. The third-order valence-electron chi connectivity index (χ3n) is 3.44. The summed E-state index contributed by atoms with van der Waals surface area (Å²) < 4.78 is 1.08. The molecule has 3 aromatic rings. The van der Waals surface area contributed by atoms with E-state index in [-0.39, 0.29) is 0 Å². The Balaban J connectivity index is 1.86. The van der Waals surface area contributed by atoms with Crippen molar-refractivity contribution >= 4 is 27.7 Å². The second-order valence-electron chi connectivity index (χ2n) is 5.02. The van der Waals surface area contributed by atoms with Crippen LogP contribution in [-0.4, -0.2) is 17.0 Å². The molecule has 116 valence electrons. The molecule has 2 N–H and O–H groups in total. The van der Waals surface area contributed by atoms with Gasteiger partial charge in [0.15, 0.2) is 0 Å². The number of anilines is 2. The molecule has 2 aromatic carbocycles. The van der Waals surface area contributed by atoms with Gasteiger partial charge in [-0.2, -0.15) is 4.98 Å². The lowest BCUT2D eigenvalue weighted by Gasteiger charge is -2.11. The van der Waals surface area contributed by atoms with Crippen molar-refractivity contribution in [2.24, 2.45) is 0 Å². The fourth-order valence-corrected chi connectivity index (χ4v) is 2.66. The van der Waals surface area contributed by atoms with Crippen molar-refractivity contribution in [1.29, 1.82) is 0 Å². The SMILES string of the molecule is CNc1nc(NCc2ccccc2Br)cc(-c2ccccc2)n1. The molecule has 0 atom stereocenters. The maximum Gasteiger partial charge on any atom is 0.224 e. The van der Waals surface area contributed by atoms with Crippen LogP contribution in [0.15, 0.2) is 65.1 Å². The molecule has 0 radical (unpaired) electrons. The van der Waals surface area contributed by atoms with E-state index in [1.54, 1.807) is 0 Å². The topological polar surface area (TPSA) is 49.8 Å². The molecule has 1 heterocycles. The zero-order valence-electron chi connectivity index (χ0n) is 12.8. The average molecular weight is 369 g/mol. The molecular weight excluding hydrogens is 352 g/mol.